The van der Waals surface area contributed by atoms with Crippen molar-refractivity contribution in [2.75, 3.05) is 13.1 Å². The van der Waals surface area contributed by atoms with Crippen molar-refractivity contribution < 1.29 is 4.79 Å². The third kappa shape index (κ3) is 3.12. The third-order valence-corrected chi connectivity index (χ3v) is 3.03. The zero-order valence-electron chi connectivity index (χ0n) is 10.7. The Hall–Kier alpha value is -1.23. The van der Waals surface area contributed by atoms with Crippen LogP contribution in [0.3, 0.4) is 0 Å². The number of aromatic nitrogens is 3. The van der Waals surface area contributed by atoms with Crippen LogP contribution in [-0.2, 0) is 0 Å². The fourth-order valence-corrected chi connectivity index (χ4v) is 1.66. The number of carbonyl (C=O) groups excluding carboxylic acids is 1. The van der Waals surface area contributed by atoms with Gasteiger partial charge in [-0.25, -0.2) is 4.68 Å². The molecular weight excluding hydrogens is 216 g/mol. The van der Waals surface area contributed by atoms with Crippen molar-refractivity contribution in [1.29, 1.82) is 0 Å². The molecule has 1 aliphatic rings. The maximum absolute atomic E-state index is 11.9. The minimum absolute atomic E-state index is 0.0958. The van der Waals surface area contributed by atoms with E-state index in [1.807, 2.05) is 0 Å². The first kappa shape index (κ1) is 12.2. The summed E-state index contributed by atoms with van der Waals surface area (Å²) in [5, 5.41) is 11.1. The van der Waals surface area contributed by atoms with E-state index in [9.17, 15) is 4.79 Å². The highest BCUT2D eigenvalue weighted by Crippen LogP contribution is 2.21. The summed E-state index contributed by atoms with van der Waals surface area (Å²) >= 11 is 0. The van der Waals surface area contributed by atoms with Crippen LogP contribution in [0.4, 0.5) is 0 Å². The van der Waals surface area contributed by atoms with Gasteiger partial charge in [-0.05, 0) is 11.8 Å². The molecular formula is C12H20N4O. The third-order valence-electron chi connectivity index (χ3n) is 3.03. The minimum Gasteiger partial charge on any atom is -0.312 e. The van der Waals surface area contributed by atoms with Gasteiger partial charge in [0.2, 0.25) is 0 Å². The van der Waals surface area contributed by atoms with Crippen LogP contribution in [-0.4, -0.2) is 33.9 Å². The van der Waals surface area contributed by atoms with E-state index >= 15 is 0 Å². The van der Waals surface area contributed by atoms with E-state index in [1.54, 1.807) is 10.9 Å². The van der Waals surface area contributed by atoms with Gasteiger partial charge in [-0.3, -0.25) is 4.79 Å². The number of rotatable bonds is 4. The normalized spacial score (nSPS) is 16.9. The van der Waals surface area contributed by atoms with Gasteiger partial charge in [0.25, 0.3) is 0 Å². The molecule has 0 aromatic carbocycles. The Labute approximate surface area is 102 Å². The summed E-state index contributed by atoms with van der Waals surface area (Å²) in [7, 11) is 0. The predicted molar refractivity (Wildman–Crippen MR) is 64.9 cm³/mol. The molecule has 0 aliphatic carbocycles. The van der Waals surface area contributed by atoms with Crippen LogP contribution >= 0.6 is 0 Å². The molecule has 1 aliphatic heterocycles. The molecule has 5 heteroatoms. The molecule has 1 aromatic heterocycles. The van der Waals surface area contributed by atoms with Crippen molar-refractivity contribution >= 4 is 5.78 Å². The van der Waals surface area contributed by atoms with E-state index in [1.165, 1.54) is 0 Å². The first-order valence-electron chi connectivity index (χ1n) is 6.11. The lowest BCUT2D eigenvalue weighted by Crippen LogP contribution is -2.43. The monoisotopic (exact) mass is 236 g/mol. The average Bonchev–Trinajstić information content (AvgIpc) is 2.59. The Bertz CT molecular complexity index is 401. The van der Waals surface area contributed by atoms with Crippen molar-refractivity contribution in [3.63, 3.8) is 0 Å². The van der Waals surface area contributed by atoms with Crippen LogP contribution in [0.2, 0.25) is 0 Å². The summed E-state index contributed by atoms with van der Waals surface area (Å²) in [6.45, 7) is 8.24. The van der Waals surface area contributed by atoms with Gasteiger partial charge in [-0.15, -0.1) is 5.10 Å². The molecule has 0 spiro atoms. The Morgan fingerprint density at radius 1 is 1.53 bits per heavy atom. The van der Waals surface area contributed by atoms with Gasteiger partial charge < -0.3 is 5.32 Å². The predicted octanol–water partition coefficient (Wildman–Crippen LogP) is 1.43. The second kappa shape index (κ2) is 4.56. The molecule has 0 amide bonds. The fraction of sp³-hybridized carbons (Fsp3) is 0.750. The van der Waals surface area contributed by atoms with Crippen LogP contribution < -0.4 is 5.32 Å². The van der Waals surface area contributed by atoms with E-state index < -0.39 is 0 Å². The fourth-order valence-electron chi connectivity index (χ4n) is 1.66. The standard InChI is InChI=1S/C12H20N4O/c1-12(2,3)5-4-11(17)10-8-16(15-14-10)9-6-13-7-9/h8-9,13H,4-7H2,1-3H3. The lowest BCUT2D eigenvalue weighted by atomic mass is 9.89. The number of hydrogen-bond acceptors (Lipinski definition) is 4. The number of nitrogens with zero attached hydrogens (tertiary/aromatic N) is 3. The Kier molecular flexibility index (Phi) is 3.28. The van der Waals surface area contributed by atoms with Gasteiger partial charge in [-0.1, -0.05) is 26.0 Å². The molecule has 1 aromatic rings. The Balaban J connectivity index is 1.92. The largest absolute Gasteiger partial charge is 0.312 e. The molecule has 0 bridgehead atoms. The molecule has 94 valence electrons. The topological polar surface area (TPSA) is 59.8 Å². The molecule has 2 heterocycles. The van der Waals surface area contributed by atoms with Crippen LogP contribution in [0, 0.1) is 5.41 Å². The van der Waals surface area contributed by atoms with Crippen molar-refractivity contribution in [2.24, 2.45) is 5.41 Å². The van der Waals surface area contributed by atoms with Crippen molar-refractivity contribution in [3.05, 3.63) is 11.9 Å². The molecule has 17 heavy (non-hydrogen) atoms. The molecule has 1 fully saturated rings. The zero-order valence-corrected chi connectivity index (χ0v) is 10.7. The number of carbonyl (C=O) groups is 1. The van der Waals surface area contributed by atoms with Gasteiger partial charge in [0.15, 0.2) is 5.78 Å². The lowest BCUT2D eigenvalue weighted by Gasteiger charge is -2.26. The minimum atomic E-state index is 0.0958. The van der Waals surface area contributed by atoms with Crippen molar-refractivity contribution in [3.8, 4) is 0 Å². The summed E-state index contributed by atoms with van der Waals surface area (Å²) in [5.74, 6) is 0.0958. The molecule has 1 saturated heterocycles. The second-order valence-corrected chi connectivity index (χ2v) is 5.88. The molecule has 0 atom stereocenters. The highest BCUT2D eigenvalue weighted by molar-refractivity contribution is 5.93. The number of hydrogen-bond donors (Lipinski definition) is 1. The van der Waals surface area contributed by atoms with Crippen LogP contribution in [0.1, 0.15) is 50.1 Å². The molecule has 5 nitrogen and oxygen atoms in total. The van der Waals surface area contributed by atoms with Crippen LogP contribution in [0.15, 0.2) is 6.20 Å². The van der Waals surface area contributed by atoms with E-state index in [4.69, 9.17) is 0 Å². The molecule has 2 rings (SSSR count). The summed E-state index contributed by atoms with van der Waals surface area (Å²) in [6, 6.07) is 0.367. The van der Waals surface area contributed by atoms with Gasteiger partial charge in [0.05, 0.1) is 12.2 Å². The van der Waals surface area contributed by atoms with E-state index in [0.29, 0.717) is 18.2 Å². The highest BCUT2D eigenvalue weighted by atomic mass is 16.1. The average molecular weight is 236 g/mol. The summed E-state index contributed by atoms with van der Waals surface area (Å²) in [4.78, 5) is 11.9. The molecule has 0 unspecified atom stereocenters. The summed E-state index contributed by atoms with van der Waals surface area (Å²) < 4.78 is 1.79. The number of Topliss-reactive ketones (excluding diaryl/α,β-unsaturated/α-hetero) is 1. The van der Waals surface area contributed by atoms with Crippen LogP contribution in [0.5, 0.6) is 0 Å². The number of ketones is 1. The SMILES string of the molecule is CC(C)(C)CCC(=O)c1cn(C2CNC2)nn1. The zero-order chi connectivity index (χ0) is 12.5. The Morgan fingerprint density at radius 2 is 2.24 bits per heavy atom. The first-order chi connectivity index (χ1) is 7.96. The quantitative estimate of drug-likeness (QED) is 0.803. The van der Waals surface area contributed by atoms with E-state index in [-0.39, 0.29) is 11.2 Å². The maximum Gasteiger partial charge on any atom is 0.184 e. The highest BCUT2D eigenvalue weighted by Gasteiger charge is 2.22. The Morgan fingerprint density at radius 3 is 2.76 bits per heavy atom. The van der Waals surface area contributed by atoms with Crippen LogP contribution in [0.25, 0.3) is 0 Å². The van der Waals surface area contributed by atoms with Gasteiger partial charge in [0.1, 0.15) is 5.69 Å². The maximum atomic E-state index is 11.9. The van der Waals surface area contributed by atoms with Gasteiger partial charge in [0, 0.05) is 19.5 Å². The molecule has 0 saturated carbocycles. The molecule has 0 radical (unpaired) electrons. The van der Waals surface area contributed by atoms with E-state index in [0.717, 1.165) is 19.5 Å². The molecule has 1 N–H and O–H groups in total. The lowest BCUT2D eigenvalue weighted by molar-refractivity contribution is 0.0961. The first-order valence-corrected chi connectivity index (χ1v) is 6.11. The smallest absolute Gasteiger partial charge is 0.184 e. The second-order valence-electron chi connectivity index (χ2n) is 5.88. The summed E-state index contributed by atoms with van der Waals surface area (Å²) in [6.07, 6.45) is 3.20. The number of nitrogens with one attached hydrogen (secondary N) is 1. The van der Waals surface area contributed by atoms with E-state index in [2.05, 4.69) is 36.4 Å². The van der Waals surface area contributed by atoms with Gasteiger partial charge in [-0.2, -0.15) is 0 Å². The van der Waals surface area contributed by atoms with Crippen molar-refractivity contribution in [2.45, 2.75) is 39.7 Å². The summed E-state index contributed by atoms with van der Waals surface area (Å²) in [5.41, 5.74) is 0.685. The van der Waals surface area contributed by atoms with Crippen molar-refractivity contribution in [1.82, 2.24) is 20.3 Å². The van der Waals surface area contributed by atoms with Gasteiger partial charge >= 0.3 is 0 Å².